The fourth-order valence-electron chi connectivity index (χ4n) is 2.22. The van der Waals surface area contributed by atoms with Crippen molar-refractivity contribution in [1.29, 1.82) is 0 Å². The van der Waals surface area contributed by atoms with Crippen molar-refractivity contribution in [2.45, 2.75) is 32.2 Å². The second-order valence-corrected chi connectivity index (χ2v) is 6.04. The summed E-state index contributed by atoms with van der Waals surface area (Å²) in [4.78, 5) is 13.6. The van der Waals surface area contributed by atoms with Gasteiger partial charge in [0.15, 0.2) is 0 Å². The number of benzene rings is 1. The van der Waals surface area contributed by atoms with Crippen molar-refractivity contribution < 1.29 is 4.79 Å². The third kappa shape index (κ3) is 6.44. The maximum absolute atomic E-state index is 11.4. The molecule has 0 aliphatic carbocycles. The SMILES string of the molecule is CSCCCN(CCCc1ccccc1)[C@H](C)C(N)=O. The van der Waals surface area contributed by atoms with E-state index in [-0.39, 0.29) is 11.9 Å². The Morgan fingerprint density at radius 1 is 1.25 bits per heavy atom. The first-order valence-corrected chi connectivity index (χ1v) is 8.60. The molecule has 4 heteroatoms. The average Bonchev–Trinajstić information content (AvgIpc) is 2.46. The monoisotopic (exact) mass is 294 g/mol. The highest BCUT2D eigenvalue weighted by Crippen LogP contribution is 2.08. The summed E-state index contributed by atoms with van der Waals surface area (Å²) in [5.41, 5.74) is 6.79. The summed E-state index contributed by atoms with van der Waals surface area (Å²) in [6, 6.07) is 10.3. The summed E-state index contributed by atoms with van der Waals surface area (Å²) >= 11 is 1.84. The number of nitrogens with two attached hydrogens (primary N) is 1. The molecular weight excluding hydrogens is 268 g/mol. The van der Waals surface area contributed by atoms with E-state index in [1.54, 1.807) is 0 Å². The van der Waals surface area contributed by atoms with Crippen LogP contribution in [0.4, 0.5) is 0 Å². The number of carbonyl (C=O) groups is 1. The molecule has 0 aliphatic rings. The Morgan fingerprint density at radius 3 is 2.50 bits per heavy atom. The van der Waals surface area contributed by atoms with E-state index in [4.69, 9.17) is 5.73 Å². The molecule has 112 valence electrons. The van der Waals surface area contributed by atoms with Gasteiger partial charge in [0.1, 0.15) is 0 Å². The van der Waals surface area contributed by atoms with Gasteiger partial charge in [0.25, 0.3) is 0 Å². The zero-order valence-corrected chi connectivity index (χ0v) is 13.4. The Bertz CT molecular complexity index is 383. The van der Waals surface area contributed by atoms with E-state index in [1.165, 1.54) is 5.56 Å². The molecule has 3 nitrogen and oxygen atoms in total. The number of nitrogens with zero attached hydrogens (tertiary/aromatic N) is 1. The van der Waals surface area contributed by atoms with Crippen molar-refractivity contribution >= 4 is 17.7 Å². The molecule has 1 rings (SSSR count). The van der Waals surface area contributed by atoms with Gasteiger partial charge < -0.3 is 5.73 Å². The molecule has 0 radical (unpaired) electrons. The van der Waals surface area contributed by atoms with Crippen LogP contribution in [0.25, 0.3) is 0 Å². The Kier molecular flexibility index (Phi) is 8.38. The molecule has 0 fully saturated rings. The highest BCUT2D eigenvalue weighted by atomic mass is 32.2. The van der Waals surface area contributed by atoms with E-state index in [0.717, 1.165) is 38.1 Å². The van der Waals surface area contributed by atoms with Gasteiger partial charge in [-0.1, -0.05) is 30.3 Å². The largest absolute Gasteiger partial charge is 0.368 e. The number of amides is 1. The first kappa shape index (κ1) is 17.1. The number of hydrogen-bond acceptors (Lipinski definition) is 3. The van der Waals surface area contributed by atoms with Crippen molar-refractivity contribution in [3.8, 4) is 0 Å². The summed E-state index contributed by atoms with van der Waals surface area (Å²) in [5, 5.41) is 0. The summed E-state index contributed by atoms with van der Waals surface area (Å²) in [6.45, 7) is 3.77. The minimum atomic E-state index is -0.228. The van der Waals surface area contributed by atoms with E-state index in [1.807, 2.05) is 24.8 Å². The third-order valence-corrected chi connectivity index (χ3v) is 4.20. The minimum absolute atomic E-state index is 0.173. The van der Waals surface area contributed by atoms with Crippen molar-refractivity contribution in [3.63, 3.8) is 0 Å². The molecule has 0 saturated heterocycles. The fraction of sp³-hybridized carbons (Fsp3) is 0.562. The summed E-state index contributed by atoms with van der Waals surface area (Å²) < 4.78 is 0. The van der Waals surface area contributed by atoms with Gasteiger partial charge in [0.05, 0.1) is 6.04 Å². The van der Waals surface area contributed by atoms with Crippen LogP contribution in [0.2, 0.25) is 0 Å². The van der Waals surface area contributed by atoms with E-state index >= 15 is 0 Å². The Labute approximate surface area is 126 Å². The van der Waals surface area contributed by atoms with E-state index < -0.39 is 0 Å². The van der Waals surface area contributed by atoms with Crippen LogP contribution in [0, 0.1) is 0 Å². The molecule has 0 unspecified atom stereocenters. The van der Waals surface area contributed by atoms with Crippen LogP contribution in [0.1, 0.15) is 25.3 Å². The Balaban J connectivity index is 2.41. The van der Waals surface area contributed by atoms with E-state index in [9.17, 15) is 4.79 Å². The van der Waals surface area contributed by atoms with Crippen LogP contribution in [0.15, 0.2) is 30.3 Å². The zero-order chi connectivity index (χ0) is 14.8. The molecule has 0 heterocycles. The maximum Gasteiger partial charge on any atom is 0.234 e. The molecule has 0 aromatic heterocycles. The minimum Gasteiger partial charge on any atom is -0.368 e. The first-order valence-electron chi connectivity index (χ1n) is 7.21. The predicted octanol–water partition coefficient (Wildman–Crippen LogP) is 2.55. The van der Waals surface area contributed by atoms with Gasteiger partial charge in [-0.2, -0.15) is 11.8 Å². The Morgan fingerprint density at radius 2 is 1.90 bits per heavy atom. The average molecular weight is 294 g/mol. The summed E-state index contributed by atoms with van der Waals surface area (Å²) in [5.74, 6) is 0.898. The third-order valence-electron chi connectivity index (χ3n) is 3.51. The van der Waals surface area contributed by atoms with Gasteiger partial charge >= 0.3 is 0 Å². The normalized spacial score (nSPS) is 12.6. The van der Waals surface area contributed by atoms with Gasteiger partial charge in [0.2, 0.25) is 5.91 Å². The molecule has 1 atom stereocenters. The molecule has 0 spiro atoms. The van der Waals surface area contributed by atoms with Gasteiger partial charge in [-0.3, -0.25) is 9.69 Å². The van der Waals surface area contributed by atoms with Crippen LogP contribution in [0.5, 0.6) is 0 Å². The topological polar surface area (TPSA) is 46.3 Å². The predicted molar refractivity (Wildman–Crippen MR) is 88.0 cm³/mol. The molecule has 2 N–H and O–H groups in total. The lowest BCUT2D eigenvalue weighted by atomic mass is 10.1. The second-order valence-electron chi connectivity index (χ2n) is 5.05. The maximum atomic E-state index is 11.4. The van der Waals surface area contributed by atoms with E-state index in [2.05, 4.69) is 35.4 Å². The molecular formula is C16H26N2OS. The number of thioether (sulfide) groups is 1. The van der Waals surface area contributed by atoms with Crippen LogP contribution in [-0.2, 0) is 11.2 Å². The number of rotatable bonds is 10. The Hall–Kier alpha value is -1.00. The van der Waals surface area contributed by atoms with Gasteiger partial charge in [-0.15, -0.1) is 0 Å². The van der Waals surface area contributed by atoms with Crippen molar-refractivity contribution in [2.24, 2.45) is 5.73 Å². The molecule has 0 bridgehead atoms. The van der Waals surface area contributed by atoms with Gasteiger partial charge in [-0.25, -0.2) is 0 Å². The quantitative estimate of drug-likeness (QED) is 0.675. The van der Waals surface area contributed by atoms with Crippen molar-refractivity contribution in [1.82, 2.24) is 4.90 Å². The zero-order valence-electron chi connectivity index (χ0n) is 12.5. The molecule has 20 heavy (non-hydrogen) atoms. The smallest absolute Gasteiger partial charge is 0.234 e. The first-order chi connectivity index (χ1) is 9.65. The standard InChI is InChI=1S/C16H26N2OS/c1-14(16(17)19)18(12-7-13-20-2)11-6-10-15-8-4-3-5-9-15/h3-5,8-9,14H,6-7,10-13H2,1-2H3,(H2,17,19)/t14-/m1/s1. The molecule has 1 amide bonds. The number of primary amides is 1. The van der Waals surface area contributed by atoms with Gasteiger partial charge in [-0.05, 0) is 56.8 Å². The molecule has 1 aromatic carbocycles. The van der Waals surface area contributed by atoms with Crippen LogP contribution in [0.3, 0.4) is 0 Å². The number of carbonyl (C=O) groups excluding carboxylic acids is 1. The van der Waals surface area contributed by atoms with E-state index in [0.29, 0.717) is 0 Å². The lowest BCUT2D eigenvalue weighted by Gasteiger charge is -2.26. The molecule has 0 saturated carbocycles. The van der Waals surface area contributed by atoms with Crippen LogP contribution in [-0.4, -0.2) is 41.9 Å². The fourth-order valence-corrected chi connectivity index (χ4v) is 2.64. The second kappa shape index (κ2) is 9.83. The number of hydrogen-bond donors (Lipinski definition) is 1. The summed E-state index contributed by atoms with van der Waals surface area (Å²) in [7, 11) is 0. The van der Waals surface area contributed by atoms with Crippen LogP contribution < -0.4 is 5.73 Å². The molecule has 0 aliphatic heterocycles. The highest BCUT2D eigenvalue weighted by Gasteiger charge is 2.17. The number of aryl methyl sites for hydroxylation is 1. The summed E-state index contributed by atoms with van der Waals surface area (Å²) in [6.07, 6.45) is 5.31. The van der Waals surface area contributed by atoms with Gasteiger partial charge in [0, 0.05) is 0 Å². The van der Waals surface area contributed by atoms with Crippen molar-refractivity contribution in [3.05, 3.63) is 35.9 Å². The van der Waals surface area contributed by atoms with Crippen LogP contribution >= 0.6 is 11.8 Å². The lowest BCUT2D eigenvalue weighted by Crippen LogP contribution is -2.43. The van der Waals surface area contributed by atoms with Crippen molar-refractivity contribution in [2.75, 3.05) is 25.1 Å². The highest BCUT2D eigenvalue weighted by molar-refractivity contribution is 7.98. The molecule has 1 aromatic rings. The lowest BCUT2D eigenvalue weighted by molar-refractivity contribution is -0.122.